The van der Waals surface area contributed by atoms with Crippen molar-refractivity contribution >= 4 is 29.8 Å². The van der Waals surface area contributed by atoms with E-state index < -0.39 is 30.6 Å². The molecule has 3 amide bonds. The van der Waals surface area contributed by atoms with Crippen LogP contribution in [0.4, 0.5) is 10.5 Å². The van der Waals surface area contributed by atoms with Crippen molar-refractivity contribution in [1.29, 1.82) is 0 Å². The molecule has 2 heterocycles. The van der Waals surface area contributed by atoms with Gasteiger partial charge in [0.2, 0.25) is 0 Å². The van der Waals surface area contributed by atoms with Crippen LogP contribution in [0.5, 0.6) is 11.5 Å². The van der Waals surface area contributed by atoms with E-state index in [-0.39, 0.29) is 40.2 Å². The molecule has 3 N–H and O–H groups in total. The number of hydrogen-bond acceptors (Lipinski definition) is 10. The van der Waals surface area contributed by atoms with E-state index in [4.69, 9.17) is 14.2 Å². The topological polar surface area (TPSA) is 174 Å². The SMILES string of the molecule is CCOC(=O)C1=C(C)NC(=O)N[C@H]1c1ccc(OCC(=O)N/N=C\c2ccc(C3CCN(C)CC3)c([N+](=O)[O-])c2)c(OC)c1. The Morgan fingerprint density at radius 1 is 1.18 bits per heavy atom. The number of amides is 3. The highest BCUT2D eigenvalue weighted by Crippen LogP contribution is 2.35. The number of hydrazone groups is 1. The Morgan fingerprint density at radius 2 is 1.93 bits per heavy atom. The van der Waals surface area contributed by atoms with Gasteiger partial charge in [0.15, 0.2) is 18.1 Å². The number of benzene rings is 2. The Morgan fingerprint density at radius 3 is 2.61 bits per heavy atom. The van der Waals surface area contributed by atoms with Gasteiger partial charge in [-0.05, 0) is 70.4 Å². The van der Waals surface area contributed by atoms with Gasteiger partial charge < -0.3 is 29.7 Å². The molecule has 234 valence electrons. The summed E-state index contributed by atoms with van der Waals surface area (Å²) < 4.78 is 16.2. The average molecular weight is 609 g/mol. The van der Waals surface area contributed by atoms with Crippen molar-refractivity contribution in [2.24, 2.45) is 5.10 Å². The molecule has 0 aromatic heterocycles. The zero-order valence-electron chi connectivity index (χ0n) is 25.0. The Balaban J connectivity index is 1.39. The molecule has 1 saturated heterocycles. The number of piperidine rings is 1. The molecule has 2 aliphatic rings. The highest BCUT2D eigenvalue weighted by molar-refractivity contribution is 5.95. The lowest BCUT2D eigenvalue weighted by Gasteiger charge is -2.28. The number of esters is 1. The van der Waals surface area contributed by atoms with E-state index in [9.17, 15) is 24.5 Å². The molecule has 2 aromatic carbocycles. The first-order chi connectivity index (χ1) is 21.1. The van der Waals surface area contributed by atoms with Crippen LogP contribution in [0.1, 0.15) is 55.3 Å². The van der Waals surface area contributed by atoms with Crippen LogP contribution in [-0.4, -0.2) is 74.4 Å². The van der Waals surface area contributed by atoms with Gasteiger partial charge in [-0.25, -0.2) is 15.0 Å². The number of nitro benzene ring substituents is 1. The van der Waals surface area contributed by atoms with Crippen molar-refractivity contribution in [3.8, 4) is 11.5 Å². The molecule has 0 spiro atoms. The molecule has 1 fully saturated rings. The largest absolute Gasteiger partial charge is 0.493 e. The van der Waals surface area contributed by atoms with E-state index in [1.165, 1.54) is 19.4 Å². The second kappa shape index (κ2) is 14.5. The first-order valence-corrected chi connectivity index (χ1v) is 14.2. The van der Waals surface area contributed by atoms with E-state index in [0.717, 1.165) is 25.9 Å². The molecule has 0 unspecified atom stereocenters. The summed E-state index contributed by atoms with van der Waals surface area (Å²) in [5.74, 6) is -0.502. The standard InChI is InChI=1S/C30H36N6O8/c1-5-43-29(38)27-18(2)32-30(39)33-28(27)21-7-9-24(25(15-21)42-4)44-17-26(37)34-31-16-19-6-8-22(23(14-19)36(40)41)20-10-12-35(3)13-11-20/h6-9,14-16,20,28H,5,10-13,17H2,1-4H3,(H,34,37)(H2,32,33,39)/b31-16-/t28-/m0/s1. The van der Waals surface area contributed by atoms with Crippen LogP contribution in [0.25, 0.3) is 0 Å². The predicted molar refractivity (Wildman–Crippen MR) is 161 cm³/mol. The van der Waals surface area contributed by atoms with Gasteiger partial charge in [0.1, 0.15) is 0 Å². The van der Waals surface area contributed by atoms with Crippen LogP contribution in [0.2, 0.25) is 0 Å². The number of allylic oxidation sites excluding steroid dienone is 1. The van der Waals surface area contributed by atoms with Crippen molar-refractivity contribution < 1.29 is 33.5 Å². The minimum absolute atomic E-state index is 0.0396. The minimum Gasteiger partial charge on any atom is -0.493 e. The Kier molecular flexibility index (Phi) is 10.5. The van der Waals surface area contributed by atoms with Crippen LogP contribution >= 0.6 is 0 Å². The Hall–Kier alpha value is -4.98. The highest BCUT2D eigenvalue weighted by Gasteiger charge is 2.33. The molecule has 14 nitrogen and oxygen atoms in total. The van der Waals surface area contributed by atoms with Gasteiger partial charge in [0, 0.05) is 22.9 Å². The fourth-order valence-electron chi connectivity index (χ4n) is 5.22. The highest BCUT2D eigenvalue weighted by atomic mass is 16.6. The van der Waals surface area contributed by atoms with Crippen LogP contribution in [0.3, 0.4) is 0 Å². The Labute approximate surface area is 254 Å². The number of ether oxygens (including phenoxy) is 3. The zero-order valence-corrected chi connectivity index (χ0v) is 25.0. The Bertz CT molecular complexity index is 1480. The van der Waals surface area contributed by atoms with Crippen LogP contribution in [0.15, 0.2) is 52.8 Å². The average Bonchev–Trinajstić information content (AvgIpc) is 3.00. The molecule has 1 atom stereocenters. The number of nitro groups is 1. The summed E-state index contributed by atoms with van der Waals surface area (Å²) in [5.41, 5.74) is 4.74. The summed E-state index contributed by atoms with van der Waals surface area (Å²) in [6, 6.07) is 8.49. The van der Waals surface area contributed by atoms with Gasteiger partial charge in [-0.1, -0.05) is 18.2 Å². The van der Waals surface area contributed by atoms with E-state index in [1.807, 2.05) is 7.05 Å². The van der Waals surface area contributed by atoms with Gasteiger partial charge >= 0.3 is 12.0 Å². The van der Waals surface area contributed by atoms with Crippen molar-refractivity contribution in [2.45, 2.75) is 38.6 Å². The zero-order chi connectivity index (χ0) is 31.8. The molecular formula is C30H36N6O8. The summed E-state index contributed by atoms with van der Waals surface area (Å²) in [6.07, 6.45) is 3.05. The maximum Gasteiger partial charge on any atom is 0.338 e. The summed E-state index contributed by atoms with van der Waals surface area (Å²) in [4.78, 5) is 50.7. The number of carbonyl (C=O) groups is 3. The third-order valence-corrected chi connectivity index (χ3v) is 7.46. The van der Waals surface area contributed by atoms with Gasteiger partial charge in [-0.3, -0.25) is 14.9 Å². The fourth-order valence-corrected chi connectivity index (χ4v) is 5.22. The number of nitrogens with one attached hydrogen (secondary N) is 3. The molecule has 4 rings (SSSR count). The van der Waals surface area contributed by atoms with E-state index >= 15 is 0 Å². The summed E-state index contributed by atoms with van der Waals surface area (Å²) >= 11 is 0. The number of likely N-dealkylation sites (tertiary alicyclic amines) is 1. The number of nitrogens with zero attached hydrogens (tertiary/aromatic N) is 3. The first-order valence-electron chi connectivity index (χ1n) is 14.2. The molecule has 44 heavy (non-hydrogen) atoms. The molecule has 14 heteroatoms. The van der Waals surface area contributed by atoms with Crippen LogP contribution in [-0.2, 0) is 14.3 Å². The first kappa shape index (κ1) is 31.9. The van der Waals surface area contributed by atoms with Crippen LogP contribution in [0, 0.1) is 10.1 Å². The number of urea groups is 1. The van der Waals surface area contributed by atoms with Crippen molar-refractivity contribution in [3.63, 3.8) is 0 Å². The van der Waals surface area contributed by atoms with Crippen molar-refractivity contribution in [2.75, 3.05) is 40.5 Å². The van der Waals surface area contributed by atoms with Gasteiger partial charge in [-0.15, -0.1) is 0 Å². The van der Waals surface area contributed by atoms with Crippen LogP contribution < -0.4 is 25.5 Å². The van der Waals surface area contributed by atoms with Crippen molar-refractivity contribution in [1.82, 2.24) is 21.0 Å². The number of methoxy groups -OCH3 is 1. The lowest BCUT2D eigenvalue weighted by molar-refractivity contribution is -0.385. The normalized spacial score (nSPS) is 17.5. The maximum absolute atomic E-state index is 12.6. The third kappa shape index (κ3) is 7.69. The lowest BCUT2D eigenvalue weighted by atomic mass is 9.88. The third-order valence-electron chi connectivity index (χ3n) is 7.46. The molecule has 2 aromatic rings. The molecule has 0 saturated carbocycles. The summed E-state index contributed by atoms with van der Waals surface area (Å²) in [6.45, 7) is 4.84. The van der Waals surface area contributed by atoms with E-state index in [1.54, 1.807) is 44.2 Å². The maximum atomic E-state index is 12.6. The minimum atomic E-state index is -0.794. The molecule has 2 aliphatic heterocycles. The molecule has 0 radical (unpaired) electrons. The quantitative estimate of drug-likeness (QED) is 0.150. The smallest absolute Gasteiger partial charge is 0.338 e. The van der Waals surface area contributed by atoms with Gasteiger partial charge in [0.05, 0.1) is 36.5 Å². The number of rotatable bonds is 11. The molecule has 0 aliphatic carbocycles. The monoisotopic (exact) mass is 608 g/mol. The molecule has 0 bridgehead atoms. The molecular weight excluding hydrogens is 572 g/mol. The van der Waals surface area contributed by atoms with E-state index in [0.29, 0.717) is 22.4 Å². The fraction of sp³-hybridized carbons (Fsp3) is 0.400. The predicted octanol–water partition coefficient (Wildman–Crippen LogP) is 3.13. The number of hydrogen-bond donors (Lipinski definition) is 3. The summed E-state index contributed by atoms with van der Waals surface area (Å²) in [7, 11) is 3.46. The summed E-state index contributed by atoms with van der Waals surface area (Å²) in [5, 5.41) is 21.0. The van der Waals surface area contributed by atoms with Gasteiger partial charge in [0.25, 0.3) is 11.6 Å². The van der Waals surface area contributed by atoms with Crippen molar-refractivity contribution in [3.05, 3.63) is 74.5 Å². The number of carbonyl (C=O) groups excluding carboxylic acids is 3. The lowest BCUT2D eigenvalue weighted by Crippen LogP contribution is -2.45. The van der Waals surface area contributed by atoms with Gasteiger partial charge in [-0.2, -0.15) is 5.10 Å². The second-order valence-electron chi connectivity index (χ2n) is 10.4. The van der Waals surface area contributed by atoms with E-state index in [2.05, 4.69) is 26.1 Å². The second-order valence-corrected chi connectivity index (χ2v) is 10.4.